The van der Waals surface area contributed by atoms with Crippen molar-refractivity contribution in [3.63, 3.8) is 0 Å². The molecule has 0 aromatic rings. The molecule has 0 aliphatic rings. The molecule has 6 nitrogen and oxygen atoms in total. The van der Waals surface area contributed by atoms with Gasteiger partial charge in [0.2, 0.25) is 12.2 Å². The van der Waals surface area contributed by atoms with Crippen molar-refractivity contribution in [3.05, 3.63) is 11.8 Å². The summed E-state index contributed by atoms with van der Waals surface area (Å²) in [7, 11) is 0. The van der Waals surface area contributed by atoms with Crippen LogP contribution in [0.4, 0.5) is 0 Å². The third-order valence-electron chi connectivity index (χ3n) is 1.83. The second kappa shape index (κ2) is 13.3. The van der Waals surface area contributed by atoms with E-state index in [0.29, 0.717) is 45.8 Å². The van der Waals surface area contributed by atoms with Gasteiger partial charge in [-0.1, -0.05) is 0 Å². The van der Waals surface area contributed by atoms with E-state index in [0.717, 1.165) is 5.57 Å². The smallest absolute Gasteiger partial charge is 0.234 e. The molecule has 0 aromatic carbocycles. The minimum Gasteiger partial charge on any atom is -0.501 e. The molecule has 0 aliphatic heterocycles. The number of carbonyl (C=O) groups excluding carboxylic acids is 2. The van der Waals surface area contributed by atoms with Gasteiger partial charge in [0.1, 0.15) is 0 Å². The molecule has 100 valence electrons. The summed E-state index contributed by atoms with van der Waals surface area (Å²) in [5.41, 5.74) is 0.966. The Balaban J connectivity index is 3.41. The maximum Gasteiger partial charge on any atom is 0.234 e. The van der Waals surface area contributed by atoms with Crippen LogP contribution in [0.1, 0.15) is 19.8 Å². The molecule has 0 fully saturated rings. The minimum absolute atomic E-state index is 0.435. The Labute approximate surface area is 106 Å². The standard InChI is InChI=1S/C12H18N2O4/c1-12(8-17-6-2-4-13-10-15)9-18-7-3-5-14-11-16/h8H,2-7,9H2,1H3. The van der Waals surface area contributed by atoms with E-state index in [1.807, 2.05) is 6.92 Å². The van der Waals surface area contributed by atoms with Gasteiger partial charge in [-0.2, -0.15) is 0 Å². The maximum absolute atomic E-state index is 9.77. The van der Waals surface area contributed by atoms with E-state index in [4.69, 9.17) is 9.47 Å². The molecular formula is C12H18N2O4. The molecule has 0 bridgehead atoms. The highest BCUT2D eigenvalue weighted by molar-refractivity contribution is 5.32. The van der Waals surface area contributed by atoms with E-state index in [1.54, 1.807) is 6.26 Å². The number of hydrogen-bond donors (Lipinski definition) is 0. The van der Waals surface area contributed by atoms with Gasteiger partial charge in [0.25, 0.3) is 0 Å². The predicted molar refractivity (Wildman–Crippen MR) is 65.7 cm³/mol. The quantitative estimate of drug-likeness (QED) is 0.241. The van der Waals surface area contributed by atoms with Gasteiger partial charge < -0.3 is 9.47 Å². The second-order valence-electron chi connectivity index (χ2n) is 3.54. The number of rotatable bonds is 11. The fourth-order valence-electron chi connectivity index (χ4n) is 1.03. The van der Waals surface area contributed by atoms with Gasteiger partial charge in [-0.15, -0.1) is 0 Å². The number of nitrogens with zero attached hydrogens (tertiary/aromatic N) is 2. The van der Waals surface area contributed by atoms with E-state index in [2.05, 4.69) is 9.98 Å². The van der Waals surface area contributed by atoms with E-state index in [9.17, 15) is 9.59 Å². The lowest BCUT2D eigenvalue weighted by molar-refractivity contribution is 0.150. The van der Waals surface area contributed by atoms with Crippen LogP contribution in [0.2, 0.25) is 0 Å². The van der Waals surface area contributed by atoms with Gasteiger partial charge in [-0.25, -0.2) is 19.6 Å². The molecule has 0 N–H and O–H groups in total. The van der Waals surface area contributed by atoms with E-state index >= 15 is 0 Å². The number of ether oxygens (including phenoxy) is 2. The molecule has 0 saturated heterocycles. The molecule has 6 heteroatoms. The molecule has 0 spiro atoms. The van der Waals surface area contributed by atoms with E-state index in [-0.39, 0.29) is 0 Å². The Morgan fingerprint density at radius 1 is 1.11 bits per heavy atom. The van der Waals surface area contributed by atoms with Crippen molar-refractivity contribution in [2.75, 3.05) is 32.9 Å². The monoisotopic (exact) mass is 254 g/mol. The van der Waals surface area contributed by atoms with Gasteiger partial charge in [0.15, 0.2) is 0 Å². The second-order valence-corrected chi connectivity index (χ2v) is 3.54. The fraction of sp³-hybridized carbons (Fsp3) is 0.667. The summed E-state index contributed by atoms with van der Waals surface area (Å²) < 4.78 is 10.6. The molecule has 0 aliphatic carbocycles. The summed E-state index contributed by atoms with van der Waals surface area (Å²) in [5.74, 6) is 0. The molecule has 0 radical (unpaired) electrons. The number of hydrogen-bond acceptors (Lipinski definition) is 6. The largest absolute Gasteiger partial charge is 0.501 e. The molecule has 0 rings (SSSR count). The lowest BCUT2D eigenvalue weighted by Gasteiger charge is -2.04. The van der Waals surface area contributed by atoms with Crippen LogP contribution in [0, 0.1) is 0 Å². The zero-order valence-electron chi connectivity index (χ0n) is 10.6. The first-order valence-electron chi connectivity index (χ1n) is 5.73. The Morgan fingerprint density at radius 3 is 2.33 bits per heavy atom. The third-order valence-corrected chi connectivity index (χ3v) is 1.83. The SMILES string of the molecule is CC(=COCCCN=C=O)COCCCN=C=O. The summed E-state index contributed by atoms with van der Waals surface area (Å²) >= 11 is 0. The first kappa shape index (κ1) is 16.3. The Morgan fingerprint density at radius 2 is 1.72 bits per heavy atom. The first-order chi connectivity index (χ1) is 8.81. The molecule has 0 saturated carbocycles. The Bertz CT molecular complexity index is 329. The summed E-state index contributed by atoms with van der Waals surface area (Å²) in [6, 6.07) is 0. The van der Waals surface area contributed by atoms with Crippen molar-refractivity contribution >= 4 is 12.2 Å². The molecule has 0 amide bonds. The predicted octanol–water partition coefficient (Wildman–Crippen LogP) is 1.38. The molecule has 0 unspecified atom stereocenters. The van der Waals surface area contributed by atoms with Crippen molar-refractivity contribution in [1.29, 1.82) is 0 Å². The van der Waals surface area contributed by atoms with Crippen LogP contribution in [0.15, 0.2) is 21.8 Å². The van der Waals surface area contributed by atoms with Gasteiger partial charge in [-0.05, 0) is 18.9 Å². The van der Waals surface area contributed by atoms with Crippen LogP contribution >= 0.6 is 0 Å². The number of isocyanates is 2. The zero-order valence-corrected chi connectivity index (χ0v) is 10.6. The zero-order chi connectivity index (χ0) is 13.5. The average Bonchev–Trinajstić information content (AvgIpc) is 2.38. The van der Waals surface area contributed by atoms with Crippen molar-refractivity contribution in [3.8, 4) is 0 Å². The van der Waals surface area contributed by atoms with Crippen LogP contribution in [0.3, 0.4) is 0 Å². The van der Waals surface area contributed by atoms with E-state index in [1.165, 1.54) is 12.2 Å². The summed E-state index contributed by atoms with van der Waals surface area (Å²) in [6.45, 7) is 4.32. The highest BCUT2D eigenvalue weighted by Crippen LogP contribution is 1.96. The molecule has 0 atom stereocenters. The first-order valence-corrected chi connectivity index (χ1v) is 5.73. The third kappa shape index (κ3) is 12.3. The summed E-state index contributed by atoms with van der Waals surface area (Å²) in [6.07, 6.45) is 5.96. The van der Waals surface area contributed by atoms with Crippen LogP contribution in [0.5, 0.6) is 0 Å². The Hall–Kier alpha value is -1.74. The minimum atomic E-state index is 0.435. The van der Waals surface area contributed by atoms with Crippen molar-refractivity contribution in [1.82, 2.24) is 0 Å². The van der Waals surface area contributed by atoms with Crippen LogP contribution in [-0.2, 0) is 19.1 Å². The Kier molecular flexibility index (Phi) is 12.0. The summed E-state index contributed by atoms with van der Waals surface area (Å²) in [4.78, 5) is 26.4. The number of aliphatic imine (C=N–C) groups is 2. The molecule has 18 heavy (non-hydrogen) atoms. The van der Waals surface area contributed by atoms with Gasteiger partial charge in [0.05, 0.1) is 32.6 Å². The van der Waals surface area contributed by atoms with Crippen molar-refractivity contribution < 1.29 is 19.1 Å². The van der Waals surface area contributed by atoms with Crippen molar-refractivity contribution in [2.45, 2.75) is 19.8 Å². The van der Waals surface area contributed by atoms with Crippen LogP contribution in [0.25, 0.3) is 0 Å². The molecule has 0 aromatic heterocycles. The van der Waals surface area contributed by atoms with Gasteiger partial charge in [-0.3, -0.25) is 0 Å². The van der Waals surface area contributed by atoms with Crippen molar-refractivity contribution in [2.24, 2.45) is 9.98 Å². The topological polar surface area (TPSA) is 77.3 Å². The normalized spacial score (nSPS) is 10.4. The summed E-state index contributed by atoms with van der Waals surface area (Å²) in [5, 5.41) is 0. The maximum atomic E-state index is 9.77. The lowest BCUT2D eigenvalue weighted by atomic mass is 10.3. The van der Waals surface area contributed by atoms with Crippen LogP contribution < -0.4 is 0 Å². The highest BCUT2D eigenvalue weighted by atomic mass is 16.5. The van der Waals surface area contributed by atoms with Crippen LogP contribution in [-0.4, -0.2) is 45.1 Å². The fourth-order valence-corrected chi connectivity index (χ4v) is 1.03. The highest BCUT2D eigenvalue weighted by Gasteiger charge is 1.92. The van der Waals surface area contributed by atoms with Gasteiger partial charge in [0, 0.05) is 13.0 Å². The van der Waals surface area contributed by atoms with E-state index < -0.39 is 0 Å². The molecular weight excluding hydrogens is 236 g/mol. The molecule has 0 heterocycles. The lowest BCUT2D eigenvalue weighted by Crippen LogP contribution is -2.00. The van der Waals surface area contributed by atoms with Gasteiger partial charge >= 0.3 is 0 Å². The average molecular weight is 254 g/mol.